The number of carbonyl (C=O) groups is 3. The van der Waals surface area contributed by atoms with Crippen LogP contribution in [0.15, 0.2) is 29.4 Å². The van der Waals surface area contributed by atoms with Crippen LogP contribution < -0.4 is 15.4 Å². The molecule has 3 atom stereocenters. The van der Waals surface area contributed by atoms with Crippen molar-refractivity contribution in [2.45, 2.75) is 95.3 Å². The molecule has 1 saturated heterocycles. The van der Waals surface area contributed by atoms with Crippen LogP contribution in [0.2, 0.25) is 0 Å². The molecule has 2 aliphatic rings. The summed E-state index contributed by atoms with van der Waals surface area (Å²) in [4.78, 5) is 39.1. The molecule has 36 heavy (non-hydrogen) atoms. The summed E-state index contributed by atoms with van der Waals surface area (Å²) in [5, 5.41) is 17.3. The van der Waals surface area contributed by atoms with Crippen LogP contribution in [0.1, 0.15) is 72.1 Å². The lowest BCUT2D eigenvalue weighted by molar-refractivity contribution is -0.646. The van der Waals surface area contributed by atoms with Gasteiger partial charge in [-0.1, -0.05) is 33.1 Å². The number of rotatable bonds is 8. The number of hydrogen-bond acceptors (Lipinski definition) is 6. The number of amides is 2. The molecule has 11 heteroatoms. The molecule has 3 unspecified atom stereocenters. The minimum atomic E-state index is -4.22. The van der Waals surface area contributed by atoms with E-state index in [-0.39, 0.29) is 28.9 Å². The zero-order valence-corrected chi connectivity index (χ0v) is 22.1. The first-order valence-corrected chi connectivity index (χ1v) is 14.3. The van der Waals surface area contributed by atoms with Crippen LogP contribution in [0.25, 0.3) is 0 Å². The van der Waals surface area contributed by atoms with Crippen molar-refractivity contribution in [3.8, 4) is 0 Å². The maximum Gasteiger partial charge on any atom is 0.323 e. The number of hydrogen-bond donors (Lipinski definition) is 2. The maximum atomic E-state index is 13.2. The highest BCUT2D eigenvalue weighted by Crippen LogP contribution is 2.25. The molecule has 2 N–H and O–H groups in total. The molecule has 2 amide bonds. The van der Waals surface area contributed by atoms with Gasteiger partial charge in [0, 0.05) is 24.1 Å². The first-order chi connectivity index (χ1) is 17.0. The van der Waals surface area contributed by atoms with Gasteiger partial charge in [-0.3, -0.25) is 14.4 Å². The van der Waals surface area contributed by atoms with E-state index in [0.29, 0.717) is 12.8 Å². The van der Waals surface area contributed by atoms with Crippen molar-refractivity contribution in [1.29, 1.82) is 0 Å². The smallest absolute Gasteiger partial charge is 0.323 e. The lowest BCUT2D eigenvalue weighted by Gasteiger charge is -2.26. The van der Waals surface area contributed by atoms with Crippen LogP contribution in [0, 0.1) is 17.0 Å². The third kappa shape index (κ3) is 6.82. The largest absolute Gasteiger partial charge is 0.618 e. The van der Waals surface area contributed by atoms with Gasteiger partial charge in [-0.2, -0.15) is 9.04 Å². The Kier molecular flexibility index (Phi) is 9.46. The molecule has 3 rings (SSSR count). The van der Waals surface area contributed by atoms with Crippen LogP contribution in [-0.4, -0.2) is 55.0 Å². The Hall–Kier alpha value is -2.53. The van der Waals surface area contributed by atoms with E-state index in [1.165, 1.54) is 18.2 Å². The van der Waals surface area contributed by atoms with Gasteiger partial charge in [-0.25, -0.2) is 8.42 Å². The minimum absolute atomic E-state index is 0.0953. The number of Topliss-reactive ketones (excluding diaryl/α,β-unsaturated/α-hetero) is 1. The van der Waals surface area contributed by atoms with Crippen molar-refractivity contribution in [3.63, 3.8) is 0 Å². The lowest BCUT2D eigenvalue weighted by atomic mass is 9.88. The van der Waals surface area contributed by atoms with Crippen LogP contribution in [0.5, 0.6) is 0 Å². The summed E-state index contributed by atoms with van der Waals surface area (Å²) in [7, 11) is -4.22. The second kappa shape index (κ2) is 12.1. The minimum Gasteiger partial charge on any atom is -0.618 e. The lowest BCUT2D eigenvalue weighted by Crippen LogP contribution is -2.53. The second-order valence-corrected chi connectivity index (χ2v) is 12.2. The highest BCUT2D eigenvalue weighted by Gasteiger charge is 2.40. The van der Waals surface area contributed by atoms with Crippen molar-refractivity contribution in [2.24, 2.45) is 11.8 Å². The Bertz CT molecular complexity index is 1050. The Morgan fingerprint density at radius 1 is 1.14 bits per heavy atom. The van der Waals surface area contributed by atoms with Gasteiger partial charge in [0.2, 0.25) is 11.8 Å². The van der Waals surface area contributed by atoms with Gasteiger partial charge in [0.25, 0.3) is 0 Å². The number of aromatic nitrogens is 1. The second-order valence-electron chi connectivity index (χ2n) is 10.4. The predicted molar refractivity (Wildman–Crippen MR) is 133 cm³/mol. The van der Waals surface area contributed by atoms with E-state index in [1.54, 1.807) is 6.92 Å². The molecule has 0 radical (unpaired) electrons. The fourth-order valence-electron chi connectivity index (χ4n) is 4.97. The molecule has 200 valence electrons. The Balaban J connectivity index is 1.71. The number of carbonyl (C=O) groups excluding carboxylic acids is 3. The van der Waals surface area contributed by atoms with Gasteiger partial charge in [0.1, 0.15) is 6.04 Å². The SMILES string of the molecule is CC(C)CC(NC(=O)C1CCCCC1)C(=O)NC1CCC(C)N(S(=O)(=O)c2cccc[n+]2[O-])CC1=O. The van der Waals surface area contributed by atoms with Gasteiger partial charge >= 0.3 is 15.0 Å². The molecular weight excluding hydrogens is 484 g/mol. The maximum absolute atomic E-state index is 13.2. The topological polar surface area (TPSA) is 140 Å². The standard InChI is InChI=1S/C25H38N4O6S/c1-17(2)15-21(27-24(31)19-9-5-4-6-10-19)25(32)26-20-13-12-18(3)29(16-22(20)30)36(34,35)23-11-7-8-14-28(23)33/h7-8,11,14,17-21H,4-6,9-10,12-13,15-16H2,1-3H3,(H,26,32)(H,27,31). The number of ketones is 1. The molecule has 0 spiro atoms. The average Bonchev–Trinajstić information content (AvgIpc) is 2.98. The van der Waals surface area contributed by atoms with E-state index in [0.717, 1.165) is 42.6 Å². The van der Waals surface area contributed by atoms with Crippen molar-refractivity contribution in [1.82, 2.24) is 14.9 Å². The summed E-state index contributed by atoms with van der Waals surface area (Å²) in [6, 6.07) is 1.89. The normalized spacial score (nSPS) is 23.2. The van der Waals surface area contributed by atoms with Gasteiger partial charge in [0.05, 0.1) is 12.6 Å². The van der Waals surface area contributed by atoms with Crippen molar-refractivity contribution in [2.75, 3.05) is 6.54 Å². The zero-order valence-electron chi connectivity index (χ0n) is 21.3. The molecule has 1 aliphatic heterocycles. The molecule has 2 heterocycles. The summed E-state index contributed by atoms with van der Waals surface area (Å²) in [6.07, 6.45) is 6.86. The van der Waals surface area contributed by atoms with E-state index in [9.17, 15) is 28.0 Å². The molecular formula is C25H38N4O6S. The molecule has 1 saturated carbocycles. The van der Waals surface area contributed by atoms with E-state index >= 15 is 0 Å². The third-order valence-electron chi connectivity index (χ3n) is 7.06. The summed E-state index contributed by atoms with van der Waals surface area (Å²) in [5.74, 6) is -0.964. The number of nitrogens with zero attached hydrogens (tertiary/aromatic N) is 2. The highest BCUT2D eigenvalue weighted by molar-refractivity contribution is 7.89. The van der Waals surface area contributed by atoms with Crippen molar-refractivity contribution < 1.29 is 27.5 Å². The first-order valence-electron chi connectivity index (χ1n) is 12.8. The average molecular weight is 523 g/mol. The number of nitrogens with one attached hydrogen (secondary N) is 2. The summed E-state index contributed by atoms with van der Waals surface area (Å²) in [5.41, 5.74) is 0. The monoisotopic (exact) mass is 522 g/mol. The summed E-state index contributed by atoms with van der Waals surface area (Å²) < 4.78 is 27.6. The fourth-order valence-corrected chi connectivity index (χ4v) is 6.62. The van der Waals surface area contributed by atoms with Crippen molar-refractivity contribution in [3.05, 3.63) is 29.6 Å². The van der Waals surface area contributed by atoms with E-state index in [4.69, 9.17) is 0 Å². The summed E-state index contributed by atoms with van der Waals surface area (Å²) in [6.45, 7) is 5.14. The molecule has 1 aromatic rings. The van der Waals surface area contributed by atoms with Gasteiger partial charge in [-0.15, -0.1) is 0 Å². The molecule has 0 aromatic carbocycles. The Labute approximate surface area is 213 Å². The quantitative estimate of drug-likeness (QED) is 0.393. The fraction of sp³-hybridized carbons (Fsp3) is 0.680. The third-order valence-corrected chi connectivity index (χ3v) is 9.01. The van der Waals surface area contributed by atoms with Crippen molar-refractivity contribution >= 4 is 27.6 Å². The Morgan fingerprint density at radius 2 is 1.83 bits per heavy atom. The zero-order chi connectivity index (χ0) is 26.5. The van der Waals surface area contributed by atoms with Gasteiger partial charge < -0.3 is 15.8 Å². The summed E-state index contributed by atoms with van der Waals surface area (Å²) >= 11 is 0. The predicted octanol–water partition coefficient (Wildman–Crippen LogP) is 1.66. The Morgan fingerprint density at radius 3 is 2.47 bits per heavy atom. The molecule has 2 fully saturated rings. The number of pyridine rings is 1. The molecule has 0 bridgehead atoms. The van der Waals surface area contributed by atoms with E-state index in [2.05, 4.69) is 10.6 Å². The van der Waals surface area contributed by atoms with E-state index < -0.39 is 51.4 Å². The van der Waals surface area contributed by atoms with Crippen LogP contribution in [-0.2, 0) is 24.4 Å². The highest BCUT2D eigenvalue weighted by atomic mass is 32.2. The van der Waals surface area contributed by atoms with Crippen LogP contribution in [0.3, 0.4) is 0 Å². The molecule has 1 aromatic heterocycles. The van der Waals surface area contributed by atoms with Crippen LogP contribution in [0.4, 0.5) is 0 Å². The number of sulfonamides is 1. The van der Waals surface area contributed by atoms with Gasteiger partial charge in [-0.05, 0) is 51.0 Å². The molecule has 1 aliphatic carbocycles. The first kappa shape index (κ1) is 28.0. The van der Waals surface area contributed by atoms with E-state index in [1.807, 2.05) is 13.8 Å². The van der Waals surface area contributed by atoms with Crippen LogP contribution >= 0.6 is 0 Å². The van der Waals surface area contributed by atoms with Gasteiger partial charge in [0.15, 0.2) is 12.0 Å². The molecule has 10 nitrogen and oxygen atoms in total.